The van der Waals surface area contributed by atoms with Crippen molar-refractivity contribution in [1.29, 1.82) is 0 Å². The highest BCUT2D eigenvalue weighted by molar-refractivity contribution is 6.30. The third-order valence-electron chi connectivity index (χ3n) is 4.19. The number of benzene rings is 2. The Bertz CT molecular complexity index is 1020. The molecule has 2 amide bonds. The SMILES string of the molecule is Cc1ccc(C(=O)NNC(=O)c2ccc(COc3ccc(Cl)cc3)cc2)c(C)n1. The number of hydrogen-bond acceptors (Lipinski definition) is 4. The Morgan fingerprint density at radius 3 is 2.21 bits per heavy atom. The molecule has 1 aromatic heterocycles. The lowest BCUT2D eigenvalue weighted by Crippen LogP contribution is -2.42. The average Bonchev–Trinajstić information content (AvgIpc) is 2.72. The number of hydrazine groups is 1. The van der Waals surface area contributed by atoms with Gasteiger partial charge in [0.05, 0.1) is 11.3 Å². The summed E-state index contributed by atoms with van der Waals surface area (Å²) in [5, 5.41) is 0.647. The van der Waals surface area contributed by atoms with Crippen molar-refractivity contribution in [1.82, 2.24) is 15.8 Å². The highest BCUT2D eigenvalue weighted by Gasteiger charge is 2.12. The molecule has 0 saturated heterocycles. The Balaban J connectivity index is 1.53. The van der Waals surface area contributed by atoms with Crippen LogP contribution in [0.3, 0.4) is 0 Å². The van der Waals surface area contributed by atoms with Crippen LogP contribution in [0.4, 0.5) is 0 Å². The van der Waals surface area contributed by atoms with E-state index in [4.69, 9.17) is 16.3 Å². The Hall–Kier alpha value is -3.38. The molecule has 0 spiro atoms. The van der Waals surface area contributed by atoms with E-state index in [0.717, 1.165) is 11.3 Å². The molecule has 0 aliphatic heterocycles. The largest absolute Gasteiger partial charge is 0.489 e. The predicted molar refractivity (Wildman–Crippen MR) is 111 cm³/mol. The van der Waals surface area contributed by atoms with Gasteiger partial charge in [0.15, 0.2) is 0 Å². The molecule has 0 bridgehead atoms. The molecule has 148 valence electrons. The predicted octanol–water partition coefficient (Wildman–Crippen LogP) is 4.01. The van der Waals surface area contributed by atoms with Crippen molar-refractivity contribution >= 4 is 23.4 Å². The smallest absolute Gasteiger partial charge is 0.271 e. The van der Waals surface area contributed by atoms with E-state index in [1.165, 1.54) is 0 Å². The molecule has 0 aliphatic rings. The summed E-state index contributed by atoms with van der Waals surface area (Å²) >= 11 is 5.85. The fraction of sp³-hybridized carbons (Fsp3) is 0.136. The van der Waals surface area contributed by atoms with Crippen molar-refractivity contribution in [2.45, 2.75) is 20.5 Å². The fourth-order valence-electron chi connectivity index (χ4n) is 2.63. The molecule has 3 aromatic rings. The molecule has 0 radical (unpaired) electrons. The topological polar surface area (TPSA) is 80.3 Å². The third kappa shape index (κ3) is 5.56. The number of halogens is 1. The number of aryl methyl sites for hydroxylation is 2. The van der Waals surface area contributed by atoms with Crippen LogP contribution in [0.5, 0.6) is 5.75 Å². The van der Waals surface area contributed by atoms with Crippen LogP contribution in [0.25, 0.3) is 0 Å². The van der Waals surface area contributed by atoms with Crippen LogP contribution in [0.15, 0.2) is 60.7 Å². The molecule has 0 fully saturated rings. The van der Waals surface area contributed by atoms with Gasteiger partial charge in [-0.3, -0.25) is 25.4 Å². The van der Waals surface area contributed by atoms with Gasteiger partial charge in [-0.2, -0.15) is 0 Å². The number of nitrogens with one attached hydrogen (secondary N) is 2. The number of carbonyl (C=O) groups is 2. The zero-order chi connectivity index (χ0) is 20.8. The van der Waals surface area contributed by atoms with Crippen molar-refractivity contribution in [3.63, 3.8) is 0 Å². The van der Waals surface area contributed by atoms with Crippen LogP contribution < -0.4 is 15.6 Å². The summed E-state index contributed by atoms with van der Waals surface area (Å²) in [7, 11) is 0. The van der Waals surface area contributed by atoms with Crippen LogP contribution in [-0.4, -0.2) is 16.8 Å². The number of aromatic nitrogens is 1. The number of rotatable bonds is 5. The third-order valence-corrected chi connectivity index (χ3v) is 4.45. The minimum atomic E-state index is -0.420. The number of pyridine rings is 1. The molecule has 2 N–H and O–H groups in total. The standard InChI is InChI=1S/C22H20ClN3O3/c1-14-3-12-20(15(2)24-14)22(28)26-25-21(27)17-6-4-16(5-7-17)13-29-19-10-8-18(23)9-11-19/h3-12H,13H2,1-2H3,(H,25,27)(H,26,28). The van der Waals surface area contributed by atoms with E-state index in [-0.39, 0.29) is 0 Å². The Labute approximate surface area is 173 Å². The minimum absolute atomic E-state index is 0.361. The average molecular weight is 410 g/mol. The molecule has 0 saturated carbocycles. The van der Waals surface area contributed by atoms with E-state index in [9.17, 15) is 9.59 Å². The van der Waals surface area contributed by atoms with Crippen LogP contribution in [-0.2, 0) is 6.61 Å². The minimum Gasteiger partial charge on any atom is -0.489 e. The van der Waals surface area contributed by atoms with Gasteiger partial charge in [0.2, 0.25) is 0 Å². The maximum Gasteiger partial charge on any atom is 0.271 e. The van der Waals surface area contributed by atoms with Crippen molar-refractivity contribution in [3.8, 4) is 5.75 Å². The summed E-state index contributed by atoms with van der Waals surface area (Å²) < 4.78 is 5.67. The number of amides is 2. The molecule has 7 heteroatoms. The van der Waals surface area contributed by atoms with E-state index in [2.05, 4.69) is 15.8 Å². The molecule has 0 atom stereocenters. The molecule has 6 nitrogen and oxygen atoms in total. The fourth-order valence-corrected chi connectivity index (χ4v) is 2.76. The van der Waals surface area contributed by atoms with Gasteiger partial charge in [0.25, 0.3) is 11.8 Å². The first-order valence-electron chi connectivity index (χ1n) is 8.94. The van der Waals surface area contributed by atoms with Crippen molar-refractivity contribution in [3.05, 3.63) is 93.8 Å². The van der Waals surface area contributed by atoms with E-state index < -0.39 is 11.8 Å². The lowest BCUT2D eigenvalue weighted by Gasteiger charge is -2.10. The lowest BCUT2D eigenvalue weighted by atomic mass is 10.1. The second kappa shape index (κ2) is 9.21. The van der Waals surface area contributed by atoms with Crippen LogP contribution in [0.2, 0.25) is 5.02 Å². The Kier molecular flexibility index (Phi) is 6.46. The number of nitrogens with zero attached hydrogens (tertiary/aromatic N) is 1. The second-order valence-corrected chi connectivity index (χ2v) is 6.87. The van der Waals surface area contributed by atoms with Gasteiger partial charge < -0.3 is 4.74 Å². The number of carbonyl (C=O) groups excluding carboxylic acids is 2. The van der Waals surface area contributed by atoms with Crippen LogP contribution in [0, 0.1) is 13.8 Å². The maximum absolute atomic E-state index is 12.3. The van der Waals surface area contributed by atoms with Gasteiger partial charge in [-0.15, -0.1) is 0 Å². The molecule has 1 heterocycles. The van der Waals surface area contributed by atoms with E-state index >= 15 is 0 Å². The van der Waals surface area contributed by atoms with Gasteiger partial charge in [-0.1, -0.05) is 23.7 Å². The first kappa shape index (κ1) is 20.4. The summed E-state index contributed by atoms with van der Waals surface area (Å²) in [4.78, 5) is 28.7. The molecular weight excluding hydrogens is 390 g/mol. The Morgan fingerprint density at radius 1 is 0.897 bits per heavy atom. The van der Waals surface area contributed by atoms with Gasteiger partial charge in [0.1, 0.15) is 12.4 Å². The van der Waals surface area contributed by atoms with Crippen molar-refractivity contribution in [2.24, 2.45) is 0 Å². The summed E-state index contributed by atoms with van der Waals surface area (Å²) in [6.07, 6.45) is 0. The summed E-state index contributed by atoms with van der Waals surface area (Å²) in [6.45, 7) is 3.95. The molecule has 3 rings (SSSR count). The zero-order valence-electron chi connectivity index (χ0n) is 16.0. The van der Waals surface area contributed by atoms with Crippen molar-refractivity contribution in [2.75, 3.05) is 0 Å². The van der Waals surface area contributed by atoms with E-state index in [1.54, 1.807) is 67.6 Å². The van der Waals surface area contributed by atoms with E-state index in [1.807, 2.05) is 6.92 Å². The highest BCUT2D eigenvalue weighted by atomic mass is 35.5. The second-order valence-electron chi connectivity index (χ2n) is 6.43. The Morgan fingerprint density at radius 2 is 1.55 bits per heavy atom. The van der Waals surface area contributed by atoms with Gasteiger partial charge in [-0.05, 0) is 67.9 Å². The van der Waals surface area contributed by atoms with Gasteiger partial charge in [0, 0.05) is 16.3 Å². The van der Waals surface area contributed by atoms with Gasteiger partial charge >= 0.3 is 0 Å². The molecule has 0 unspecified atom stereocenters. The maximum atomic E-state index is 12.3. The zero-order valence-corrected chi connectivity index (χ0v) is 16.8. The lowest BCUT2D eigenvalue weighted by molar-refractivity contribution is 0.0846. The van der Waals surface area contributed by atoms with E-state index in [0.29, 0.717) is 34.2 Å². The first-order chi connectivity index (χ1) is 13.9. The molecular formula is C22H20ClN3O3. The van der Waals surface area contributed by atoms with Gasteiger partial charge in [-0.25, -0.2) is 0 Å². The molecule has 29 heavy (non-hydrogen) atoms. The van der Waals surface area contributed by atoms with Crippen LogP contribution >= 0.6 is 11.6 Å². The van der Waals surface area contributed by atoms with Crippen molar-refractivity contribution < 1.29 is 14.3 Å². The summed E-state index contributed by atoms with van der Waals surface area (Å²) in [6, 6.07) is 17.4. The first-order valence-corrected chi connectivity index (χ1v) is 9.32. The normalized spacial score (nSPS) is 10.3. The molecule has 0 aliphatic carbocycles. The number of ether oxygens (including phenoxy) is 1. The summed E-state index contributed by atoms with van der Waals surface area (Å²) in [5.74, 6) is -0.127. The number of hydrogen-bond donors (Lipinski definition) is 2. The quantitative estimate of drug-likeness (QED) is 0.624. The molecule has 2 aromatic carbocycles. The highest BCUT2D eigenvalue weighted by Crippen LogP contribution is 2.17. The van der Waals surface area contributed by atoms with Crippen LogP contribution in [0.1, 0.15) is 37.7 Å². The monoisotopic (exact) mass is 409 g/mol. The summed E-state index contributed by atoms with van der Waals surface area (Å²) in [5.41, 5.74) is 7.97.